The molecule has 0 spiro atoms. The van der Waals surface area contributed by atoms with Crippen LogP contribution in [0.25, 0.3) is 0 Å². The van der Waals surface area contributed by atoms with E-state index in [0.29, 0.717) is 0 Å². The first kappa shape index (κ1) is 21.7. The van der Waals surface area contributed by atoms with E-state index < -0.39 is 0 Å². The molecule has 0 atom stereocenters. The van der Waals surface area contributed by atoms with Gasteiger partial charge in [-0.25, -0.2) is 0 Å². The Labute approximate surface area is 165 Å². The molecule has 0 unspecified atom stereocenters. The topological polar surface area (TPSA) is 50.1 Å². The van der Waals surface area contributed by atoms with Crippen molar-refractivity contribution in [3.05, 3.63) is 24.3 Å². The Morgan fingerprint density at radius 1 is 1.00 bits per heavy atom. The van der Waals surface area contributed by atoms with E-state index in [2.05, 4.69) is 13.0 Å². The fraction of sp³-hybridized carbons (Fsp3) is 0.750. The van der Waals surface area contributed by atoms with Crippen LogP contribution in [-0.2, 0) is 9.53 Å². The molecule has 0 bridgehead atoms. The molecule has 3 nitrogen and oxygen atoms in total. The minimum absolute atomic E-state index is 0.0830. The second kappa shape index (κ2) is 12.8. The zero-order chi connectivity index (χ0) is 19.3. The maximum absolute atomic E-state index is 12.5. The van der Waals surface area contributed by atoms with Crippen LogP contribution in [0.15, 0.2) is 24.3 Å². The van der Waals surface area contributed by atoms with Crippen LogP contribution in [0, 0.1) is 29.1 Å². The van der Waals surface area contributed by atoms with Gasteiger partial charge in [0.15, 0.2) is 0 Å². The molecule has 2 aliphatic carbocycles. The third-order valence-electron chi connectivity index (χ3n) is 6.38. The Balaban J connectivity index is 1.59. The summed E-state index contributed by atoms with van der Waals surface area (Å²) >= 11 is 0. The average molecular weight is 372 g/mol. The van der Waals surface area contributed by atoms with Gasteiger partial charge in [-0.2, -0.15) is 5.26 Å². The molecule has 0 aromatic heterocycles. The minimum Gasteiger partial charge on any atom is -0.462 e. The smallest absolute Gasteiger partial charge is 0.309 e. The van der Waals surface area contributed by atoms with Crippen molar-refractivity contribution in [2.24, 2.45) is 17.8 Å². The van der Waals surface area contributed by atoms with Crippen LogP contribution in [0.2, 0.25) is 0 Å². The van der Waals surface area contributed by atoms with E-state index in [-0.39, 0.29) is 18.0 Å². The van der Waals surface area contributed by atoms with E-state index in [1.165, 1.54) is 57.4 Å². The van der Waals surface area contributed by atoms with Crippen LogP contribution >= 0.6 is 0 Å². The van der Waals surface area contributed by atoms with Gasteiger partial charge in [0.25, 0.3) is 0 Å². The quantitative estimate of drug-likeness (QED) is 0.264. The maximum Gasteiger partial charge on any atom is 0.309 e. The Morgan fingerprint density at radius 2 is 1.67 bits per heavy atom. The van der Waals surface area contributed by atoms with Gasteiger partial charge in [0.1, 0.15) is 6.10 Å². The Bertz CT molecular complexity index is 515. The van der Waals surface area contributed by atoms with Crippen molar-refractivity contribution in [1.29, 1.82) is 5.26 Å². The molecular weight excluding hydrogens is 334 g/mol. The van der Waals surface area contributed by atoms with E-state index in [9.17, 15) is 4.79 Å². The predicted molar refractivity (Wildman–Crippen MR) is 110 cm³/mol. The molecule has 2 aliphatic rings. The van der Waals surface area contributed by atoms with Gasteiger partial charge in [-0.3, -0.25) is 4.79 Å². The summed E-state index contributed by atoms with van der Waals surface area (Å²) < 4.78 is 5.87. The third-order valence-corrected chi connectivity index (χ3v) is 6.38. The lowest BCUT2D eigenvalue weighted by molar-refractivity contribution is -0.157. The number of ether oxygens (including phenoxy) is 1. The highest BCUT2D eigenvalue weighted by atomic mass is 16.5. The molecule has 0 heterocycles. The summed E-state index contributed by atoms with van der Waals surface area (Å²) in [5, 5.41) is 8.43. The molecule has 0 saturated heterocycles. The summed E-state index contributed by atoms with van der Waals surface area (Å²) in [5.41, 5.74) is 0. The number of hydrogen-bond donors (Lipinski definition) is 0. The van der Waals surface area contributed by atoms with Gasteiger partial charge in [-0.05, 0) is 76.0 Å². The van der Waals surface area contributed by atoms with Crippen molar-refractivity contribution in [1.82, 2.24) is 0 Å². The van der Waals surface area contributed by atoms with E-state index in [4.69, 9.17) is 10.00 Å². The molecule has 3 heteroatoms. The number of nitriles is 1. The Kier molecular flexibility index (Phi) is 10.3. The zero-order valence-electron chi connectivity index (χ0n) is 17.1. The highest BCUT2D eigenvalue weighted by Crippen LogP contribution is 2.34. The number of unbranched alkanes of at least 4 members (excludes halogenated alkanes) is 1. The van der Waals surface area contributed by atoms with Gasteiger partial charge in [0.2, 0.25) is 0 Å². The third kappa shape index (κ3) is 8.33. The first-order valence-corrected chi connectivity index (χ1v) is 11.1. The highest BCUT2D eigenvalue weighted by molar-refractivity contribution is 5.72. The lowest BCUT2D eigenvalue weighted by atomic mass is 9.79. The molecule has 0 amide bonds. The number of carbonyl (C=O) groups is 1. The molecule has 0 aromatic rings. The highest BCUT2D eigenvalue weighted by Gasteiger charge is 2.30. The molecule has 0 aromatic carbocycles. The fourth-order valence-corrected chi connectivity index (χ4v) is 4.58. The molecule has 2 fully saturated rings. The lowest BCUT2D eigenvalue weighted by Gasteiger charge is -2.31. The second-order valence-electron chi connectivity index (χ2n) is 8.43. The van der Waals surface area contributed by atoms with Crippen LogP contribution in [0.3, 0.4) is 0 Å². The minimum atomic E-state index is 0.0830. The number of carbonyl (C=O) groups excluding carboxylic acids is 1. The van der Waals surface area contributed by atoms with Crippen LogP contribution in [0.4, 0.5) is 0 Å². The predicted octanol–water partition coefficient (Wildman–Crippen LogP) is 6.50. The van der Waals surface area contributed by atoms with Crippen LogP contribution in [0.1, 0.15) is 90.4 Å². The monoisotopic (exact) mass is 371 g/mol. The largest absolute Gasteiger partial charge is 0.462 e. The van der Waals surface area contributed by atoms with Crippen molar-refractivity contribution in [2.75, 3.05) is 0 Å². The molecular formula is C24H37NO2. The summed E-state index contributed by atoms with van der Waals surface area (Å²) in [6.45, 7) is 2.25. The number of hydrogen-bond acceptors (Lipinski definition) is 3. The molecule has 0 N–H and O–H groups in total. The molecule has 27 heavy (non-hydrogen) atoms. The second-order valence-corrected chi connectivity index (χ2v) is 8.43. The van der Waals surface area contributed by atoms with Crippen molar-refractivity contribution >= 4 is 5.97 Å². The van der Waals surface area contributed by atoms with Crippen molar-refractivity contribution in [3.8, 4) is 6.07 Å². The first-order chi connectivity index (χ1) is 13.2. The van der Waals surface area contributed by atoms with Crippen molar-refractivity contribution in [3.63, 3.8) is 0 Å². The summed E-state index contributed by atoms with van der Waals surface area (Å²) in [6.07, 6.45) is 22.6. The maximum atomic E-state index is 12.5. The van der Waals surface area contributed by atoms with E-state index in [1.807, 2.05) is 12.1 Å². The summed E-state index contributed by atoms with van der Waals surface area (Å²) in [6, 6.07) is 1.99. The molecule has 150 valence electrons. The van der Waals surface area contributed by atoms with Gasteiger partial charge in [-0.15, -0.1) is 0 Å². The molecule has 2 saturated carbocycles. The zero-order valence-corrected chi connectivity index (χ0v) is 17.1. The SMILES string of the molecule is CCCC[C@H]1CC[C@H](C(=O)OC2CCC(CC/C=C/C=CC#N)CC2)CC1. The van der Waals surface area contributed by atoms with Crippen molar-refractivity contribution in [2.45, 2.75) is 96.5 Å². The van der Waals surface area contributed by atoms with Gasteiger partial charge in [-0.1, -0.05) is 44.4 Å². The summed E-state index contributed by atoms with van der Waals surface area (Å²) in [5.74, 6) is 1.83. The van der Waals surface area contributed by atoms with E-state index in [0.717, 1.165) is 43.9 Å². The number of nitrogens with zero attached hydrogens (tertiary/aromatic N) is 1. The number of allylic oxidation sites excluding steroid dienone is 4. The Hall–Kier alpha value is -1.56. The Morgan fingerprint density at radius 3 is 2.33 bits per heavy atom. The van der Waals surface area contributed by atoms with Gasteiger partial charge in [0, 0.05) is 6.08 Å². The number of rotatable bonds is 9. The normalized spacial score (nSPS) is 29.0. The average Bonchev–Trinajstić information content (AvgIpc) is 2.70. The van der Waals surface area contributed by atoms with Crippen LogP contribution in [-0.4, -0.2) is 12.1 Å². The van der Waals surface area contributed by atoms with E-state index >= 15 is 0 Å². The number of esters is 1. The van der Waals surface area contributed by atoms with Crippen LogP contribution in [0.5, 0.6) is 0 Å². The van der Waals surface area contributed by atoms with Crippen LogP contribution < -0.4 is 0 Å². The standard InChI is InChI=1S/C24H37NO2/c1-2-3-9-20-11-15-22(16-12-20)24(26)27-23-17-13-21(14-18-23)10-7-5-4-6-8-19-25/h4-6,8,20-23H,2-3,7,9-18H2,1H3/b5-4+,8-6?/t20-,21?,22-,23?. The summed E-state index contributed by atoms with van der Waals surface area (Å²) in [4.78, 5) is 12.5. The molecule has 2 rings (SSSR count). The van der Waals surface area contributed by atoms with Crippen molar-refractivity contribution < 1.29 is 9.53 Å². The molecule has 0 aliphatic heterocycles. The van der Waals surface area contributed by atoms with Gasteiger partial charge in [0.05, 0.1) is 12.0 Å². The van der Waals surface area contributed by atoms with E-state index in [1.54, 1.807) is 6.08 Å². The lowest BCUT2D eigenvalue weighted by Crippen LogP contribution is -2.30. The fourth-order valence-electron chi connectivity index (χ4n) is 4.58. The van der Waals surface area contributed by atoms with Gasteiger partial charge < -0.3 is 4.74 Å². The summed E-state index contributed by atoms with van der Waals surface area (Å²) in [7, 11) is 0. The first-order valence-electron chi connectivity index (χ1n) is 11.1. The molecule has 0 radical (unpaired) electrons. The van der Waals surface area contributed by atoms with Gasteiger partial charge >= 0.3 is 5.97 Å².